The molecule has 0 aliphatic carbocycles. The van der Waals surface area contributed by atoms with E-state index in [-0.39, 0.29) is 5.91 Å². The number of anilines is 2. The zero-order valence-corrected chi connectivity index (χ0v) is 11.4. The minimum absolute atomic E-state index is 0.0720. The van der Waals surface area contributed by atoms with Crippen LogP contribution in [0.1, 0.15) is 11.8 Å². The van der Waals surface area contributed by atoms with Crippen LogP contribution in [0, 0.1) is 0 Å². The highest BCUT2D eigenvalue weighted by Gasteiger charge is 2.00. The van der Waals surface area contributed by atoms with Gasteiger partial charge in [0.1, 0.15) is 0 Å². The second-order valence-electron chi connectivity index (χ2n) is 3.82. The summed E-state index contributed by atoms with van der Waals surface area (Å²) in [5, 5.41) is 6.04. The van der Waals surface area contributed by atoms with Gasteiger partial charge >= 0.3 is 0 Å². The molecule has 0 aliphatic heterocycles. The third-order valence-electron chi connectivity index (χ3n) is 2.28. The van der Waals surface area contributed by atoms with Crippen LogP contribution < -0.4 is 10.6 Å². The van der Waals surface area contributed by atoms with Gasteiger partial charge in [-0.05, 0) is 30.3 Å². The molecule has 1 amide bonds. The van der Waals surface area contributed by atoms with E-state index < -0.39 is 0 Å². The number of hydrogen-bond acceptors (Lipinski definition) is 3. The Labute approximate surface area is 115 Å². The maximum Gasteiger partial charge on any atom is 0.221 e. The second kappa shape index (κ2) is 5.89. The number of nitrogens with one attached hydrogen (secondary N) is 2. The van der Waals surface area contributed by atoms with Crippen LogP contribution in [0.25, 0.3) is 0 Å². The Morgan fingerprint density at radius 2 is 2.06 bits per heavy atom. The van der Waals surface area contributed by atoms with Crippen molar-refractivity contribution in [2.24, 2.45) is 0 Å². The van der Waals surface area contributed by atoms with Crippen LogP contribution in [0.15, 0.2) is 36.4 Å². The smallest absolute Gasteiger partial charge is 0.221 e. The van der Waals surface area contributed by atoms with Crippen molar-refractivity contribution in [2.75, 3.05) is 10.6 Å². The fraction of sp³-hybridized carbons (Fsp3) is 0.154. The summed E-state index contributed by atoms with van der Waals surface area (Å²) >= 11 is 7.42. The maximum absolute atomic E-state index is 11.0. The summed E-state index contributed by atoms with van der Waals surface area (Å²) in [7, 11) is 0. The van der Waals surface area contributed by atoms with Gasteiger partial charge in [-0.3, -0.25) is 4.79 Å². The largest absolute Gasteiger partial charge is 0.380 e. The van der Waals surface area contributed by atoms with E-state index in [1.54, 1.807) is 11.3 Å². The Morgan fingerprint density at radius 1 is 1.28 bits per heavy atom. The van der Waals surface area contributed by atoms with Crippen LogP contribution in [0.4, 0.5) is 11.4 Å². The summed E-state index contributed by atoms with van der Waals surface area (Å²) in [6.07, 6.45) is 0. The lowest BCUT2D eigenvalue weighted by Gasteiger charge is -2.07. The topological polar surface area (TPSA) is 41.1 Å². The fourth-order valence-electron chi connectivity index (χ4n) is 1.55. The lowest BCUT2D eigenvalue weighted by Crippen LogP contribution is -2.06. The summed E-state index contributed by atoms with van der Waals surface area (Å²) in [6.45, 7) is 2.22. The Kier molecular flexibility index (Phi) is 4.23. The highest BCUT2D eigenvalue weighted by Crippen LogP contribution is 2.23. The van der Waals surface area contributed by atoms with Crippen LogP contribution in [-0.4, -0.2) is 5.91 Å². The molecule has 0 fully saturated rings. The average Bonchev–Trinajstić information content (AvgIpc) is 2.72. The molecule has 0 spiro atoms. The first-order chi connectivity index (χ1) is 8.63. The molecule has 1 aromatic carbocycles. The highest BCUT2D eigenvalue weighted by molar-refractivity contribution is 7.16. The number of thiophene rings is 1. The average molecular weight is 281 g/mol. The molecule has 18 heavy (non-hydrogen) atoms. The predicted octanol–water partition coefficient (Wildman–Crippen LogP) is 3.97. The fourth-order valence-corrected chi connectivity index (χ4v) is 2.57. The number of carbonyl (C=O) groups excluding carboxylic acids is 1. The third kappa shape index (κ3) is 3.75. The Bertz CT molecular complexity index is 553. The molecule has 1 heterocycles. The molecule has 2 aromatic rings. The van der Waals surface area contributed by atoms with Gasteiger partial charge in [-0.1, -0.05) is 17.7 Å². The van der Waals surface area contributed by atoms with Gasteiger partial charge in [-0.25, -0.2) is 0 Å². The SMILES string of the molecule is CC(=O)Nc1cccc(NCc2ccc(Cl)s2)c1. The Balaban J connectivity index is 1.98. The first-order valence-electron chi connectivity index (χ1n) is 5.49. The molecule has 1 aromatic heterocycles. The van der Waals surface area contributed by atoms with E-state index in [9.17, 15) is 4.79 Å². The van der Waals surface area contributed by atoms with Crippen molar-refractivity contribution < 1.29 is 4.79 Å². The third-order valence-corrected chi connectivity index (χ3v) is 3.51. The van der Waals surface area contributed by atoms with Crippen molar-refractivity contribution in [3.05, 3.63) is 45.6 Å². The van der Waals surface area contributed by atoms with Crippen LogP contribution in [0.5, 0.6) is 0 Å². The number of hydrogen-bond donors (Lipinski definition) is 2. The molecule has 0 atom stereocenters. The molecule has 2 N–H and O–H groups in total. The minimum atomic E-state index is -0.0720. The van der Waals surface area contributed by atoms with Crippen LogP contribution in [0.2, 0.25) is 4.34 Å². The molecule has 0 saturated carbocycles. The van der Waals surface area contributed by atoms with Crippen molar-refractivity contribution in [1.82, 2.24) is 0 Å². The van der Waals surface area contributed by atoms with Gasteiger partial charge < -0.3 is 10.6 Å². The Hall–Kier alpha value is -1.52. The van der Waals surface area contributed by atoms with E-state index in [0.717, 1.165) is 22.3 Å². The quantitative estimate of drug-likeness (QED) is 0.890. The van der Waals surface area contributed by atoms with Crippen LogP contribution in [0.3, 0.4) is 0 Å². The van der Waals surface area contributed by atoms with Crippen molar-refractivity contribution in [2.45, 2.75) is 13.5 Å². The zero-order valence-electron chi connectivity index (χ0n) is 9.87. The number of rotatable bonds is 4. The number of carbonyl (C=O) groups is 1. The minimum Gasteiger partial charge on any atom is -0.380 e. The van der Waals surface area contributed by atoms with Crippen molar-refractivity contribution in [3.8, 4) is 0 Å². The zero-order chi connectivity index (χ0) is 13.0. The van der Waals surface area contributed by atoms with Crippen LogP contribution >= 0.6 is 22.9 Å². The van der Waals surface area contributed by atoms with Gasteiger partial charge in [0.2, 0.25) is 5.91 Å². The number of halogens is 1. The summed E-state index contributed by atoms with van der Waals surface area (Å²) < 4.78 is 0.791. The van der Waals surface area contributed by atoms with E-state index in [1.807, 2.05) is 36.4 Å². The summed E-state index contributed by atoms with van der Waals surface area (Å²) in [5.41, 5.74) is 1.75. The Morgan fingerprint density at radius 3 is 2.72 bits per heavy atom. The molecular weight excluding hydrogens is 268 g/mol. The van der Waals surface area contributed by atoms with Gasteiger partial charge in [0.05, 0.1) is 4.34 Å². The summed E-state index contributed by atoms with van der Waals surface area (Å²) in [5.74, 6) is -0.0720. The van der Waals surface area contributed by atoms with E-state index >= 15 is 0 Å². The number of benzene rings is 1. The highest BCUT2D eigenvalue weighted by atomic mass is 35.5. The molecule has 0 saturated heterocycles. The lowest BCUT2D eigenvalue weighted by atomic mass is 10.2. The predicted molar refractivity (Wildman–Crippen MR) is 77.4 cm³/mol. The van der Waals surface area contributed by atoms with Crippen molar-refractivity contribution >= 4 is 40.2 Å². The van der Waals surface area contributed by atoms with E-state index in [1.165, 1.54) is 11.8 Å². The maximum atomic E-state index is 11.0. The van der Waals surface area contributed by atoms with Gasteiger partial charge in [-0.15, -0.1) is 11.3 Å². The first kappa shape index (κ1) is 12.9. The van der Waals surface area contributed by atoms with Gasteiger partial charge in [0.25, 0.3) is 0 Å². The summed E-state index contributed by atoms with van der Waals surface area (Å²) in [4.78, 5) is 12.1. The molecule has 5 heteroatoms. The normalized spacial score (nSPS) is 10.1. The molecule has 3 nitrogen and oxygen atoms in total. The van der Waals surface area contributed by atoms with Gasteiger partial charge in [-0.2, -0.15) is 0 Å². The van der Waals surface area contributed by atoms with Crippen molar-refractivity contribution in [3.63, 3.8) is 0 Å². The second-order valence-corrected chi connectivity index (χ2v) is 5.62. The monoisotopic (exact) mass is 280 g/mol. The first-order valence-corrected chi connectivity index (χ1v) is 6.68. The standard InChI is InChI=1S/C13H13ClN2OS/c1-9(17)16-11-4-2-3-10(7-11)15-8-12-5-6-13(14)18-12/h2-7,15H,8H2,1H3,(H,16,17). The van der Waals surface area contributed by atoms with E-state index in [0.29, 0.717) is 0 Å². The van der Waals surface area contributed by atoms with E-state index in [2.05, 4.69) is 10.6 Å². The molecule has 2 rings (SSSR count). The molecule has 0 aliphatic rings. The molecule has 0 bridgehead atoms. The van der Waals surface area contributed by atoms with E-state index in [4.69, 9.17) is 11.6 Å². The molecule has 0 radical (unpaired) electrons. The molecule has 0 unspecified atom stereocenters. The van der Waals surface area contributed by atoms with Gasteiger partial charge in [0.15, 0.2) is 0 Å². The van der Waals surface area contributed by atoms with Crippen LogP contribution in [-0.2, 0) is 11.3 Å². The molecular formula is C13H13ClN2OS. The summed E-state index contributed by atoms with van der Waals surface area (Å²) in [6, 6.07) is 11.5. The lowest BCUT2D eigenvalue weighted by molar-refractivity contribution is -0.114. The van der Waals surface area contributed by atoms with Crippen molar-refractivity contribution in [1.29, 1.82) is 0 Å². The van der Waals surface area contributed by atoms with Gasteiger partial charge in [0, 0.05) is 29.7 Å². The molecule has 94 valence electrons. The number of amides is 1.